The lowest BCUT2D eigenvalue weighted by Gasteiger charge is -2.21. The van der Waals surface area contributed by atoms with E-state index >= 15 is 0 Å². The highest BCUT2D eigenvalue weighted by atomic mass is 31.2. The molecule has 3 N–H and O–H groups in total. The van der Waals surface area contributed by atoms with Gasteiger partial charge in [0.15, 0.2) is 12.2 Å². The first-order valence-electron chi connectivity index (χ1n) is 39.1. The fourth-order valence-electron chi connectivity index (χ4n) is 9.93. The standard InChI is InChI=1S/C83H138O17P2/c1-5-9-13-17-21-25-29-33-36-38-41-44-47-51-55-59-63-67-80(85)93-73-78(99-82(87)69-65-61-57-53-49-43-32-28-24-20-16-12-8-4)75-97-101(89,90)95-71-77(84)72-96-102(91,92)98-76-79(100-83(88)70-66-62-58-54-50-46-40-35-31-27-23-19-15-11-7-3)74-94-81(86)68-64-60-56-52-48-45-42-39-37-34-30-26-22-18-14-10-6-2/h9-11,13-15,21-23,25-28,32-37,40,42,45,52,56,77-79,84H,5-8,12,16-20,24,29-31,38-39,41,43-44,46-51,53-55,57-76H2,1-4H3,(H,89,90)(H,91,92)/b13-9-,14-10-,15-11-,25-21-,26-22-,27-23-,32-28-,36-33-,37-34-,40-35-,45-42-,56-52-. The Morgan fingerprint density at radius 2 is 0.520 bits per heavy atom. The summed E-state index contributed by atoms with van der Waals surface area (Å²) < 4.78 is 68.5. The van der Waals surface area contributed by atoms with Crippen LogP contribution >= 0.6 is 15.6 Å². The predicted molar refractivity (Wildman–Crippen MR) is 417 cm³/mol. The van der Waals surface area contributed by atoms with Crippen LogP contribution in [0.2, 0.25) is 0 Å². The minimum atomic E-state index is -5.00. The van der Waals surface area contributed by atoms with Crippen LogP contribution in [0.15, 0.2) is 146 Å². The molecule has 19 heteroatoms. The number of rotatable bonds is 72. The van der Waals surface area contributed by atoms with E-state index < -0.39 is 97.5 Å². The molecule has 0 amide bonds. The Kier molecular flexibility index (Phi) is 70.5. The third kappa shape index (κ3) is 73.3. The summed E-state index contributed by atoms with van der Waals surface area (Å²) in [5, 5.41) is 10.6. The van der Waals surface area contributed by atoms with Crippen molar-refractivity contribution in [1.29, 1.82) is 0 Å². The van der Waals surface area contributed by atoms with Crippen molar-refractivity contribution < 1.29 is 80.2 Å². The van der Waals surface area contributed by atoms with E-state index in [-0.39, 0.29) is 25.7 Å². The number of aliphatic hydroxyl groups is 1. The third-order valence-electron chi connectivity index (χ3n) is 15.8. The van der Waals surface area contributed by atoms with E-state index in [1.165, 1.54) is 25.7 Å². The molecule has 0 bridgehead atoms. The molecular formula is C83H138O17P2. The van der Waals surface area contributed by atoms with E-state index in [1.54, 1.807) is 0 Å². The van der Waals surface area contributed by atoms with Gasteiger partial charge in [-0.2, -0.15) is 0 Å². The zero-order chi connectivity index (χ0) is 74.6. The fraction of sp³-hybridized carbons (Fsp3) is 0.663. The van der Waals surface area contributed by atoms with Crippen LogP contribution in [0.3, 0.4) is 0 Å². The number of phosphoric ester groups is 2. The zero-order valence-corrected chi connectivity index (χ0v) is 65.3. The van der Waals surface area contributed by atoms with Crippen LogP contribution in [0.25, 0.3) is 0 Å². The molecule has 0 aromatic carbocycles. The van der Waals surface area contributed by atoms with Gasteiger partial charge in [-0.3, -0.25) is 37.3 Å². The van der Waals surface area contributed by atoms with Crippen molar-refractivity contribution >= 4 is 39.5 Å². The van der Waals surface area contributed by atoms with Crippen molar-refractivity contribution in [2.24, 2.45) is 0 Å². The molecule has 0 saturated heterocycles. The van der Waals surface area contributed by atoms with E-state index in [0.29, 0.717) is 32.1 Å². The summed E-state index contributed by atoms with van der Waals surface area (Å²) in [6, 6.07) is 0. The zero-order valence-electron chi connectivity index (χ0n) is 63.5. The third-order valence-corrected chi connectivity index (χ3v) is 17.7. The summed E-state index contributed by atoms with van der Waals surface area (Å²) in [5.74, 6) is -2.29. The van der Waals surface area contributed by atoms with Crippen LogP contribution in [0.4, 0.5) is 0 Å². The molecule has 582 valence electrons. The summed E-state index contributed by atoms with van der Waals surface area (Å²) in [5.41, 5.74) is 0. The maximum Gasteiger partial charge on any atom is 0.472 e. The number of esters is 4. The highest BCUT2D eigenvalue weighted by Gasteiger charge is 2.30. The Morgan fingerprint density at radius 3 is 0.833 bits per heavy atom. The summed E-state index contributed by atoms with van der Waals surface area (Å²) >= 11 is 0. The quantitative estimate of drug-likeness (QED) is 0.0169. The lowest BCUT2D eigenvalue weighted by Crippen LogP contribution is -2.30. The van der Waals surface area contributed by atoms with Crippen molar-refractivity contribution in [2.45, 2.75) is 316 Å². The SMILES string of the molecule is CC/C=C\C/C=C\C/C=C\C/C=C\C/C=C\CCCC(=O)OCC(COP(=O)(O)OCC(O)COP(=O)(O)OCC(COC(=O)CCCCCCCCC/C=C\C/C=C\C/C=C\CC)OC(=O)CCCCCCC/C=C\CCCCCC)OC(=O)CCCCCCC/C=C\C/C=C\C/C=C\CC. The minimum Gasteiger partial charge on any atom is -0.462 e. The summed E-state index contributed by atoms with van der Waals surface area (Å²) in [4.78, 5) is 72.9. The Labute approximate surface area is 617 Å². The van der Waals surface area contributed by atoms with Gasteiger partial charge in [-0.1, -0.05) is 263 Å². The smallest absolute Gasteiger partial charge is 0.462 e. The van der Waals surface area contributed by atoms with Crippen molar-refractivity contribution in [2.75, 3.05) is 39.6 Å². The highest BCUT2D eigenvalue weighted by molar-refractivity contribution is 7.47. The van der Waals surface area contributed by atoms with Crippen molar-refractivity contribution in [3.63, 3.8) is 0 Å². The van der Waals surface area contributed by atoms with Gasteiger partial charge < -0.3 is 33.8 Å². The average Bonchev–Trinajstić information content (AvgIpc) is 0.939. The Hall–Kier alpha value is -5.06. The molecule has 0 aliphatic rings. The summed E-state index contributed by atoms with van der Waals surface area (Å²) in [6.07, 6.45) is 84.1. The van der Waals surface area contributed by atoms with Gasteiger partial charge in [0.05, 0.1) is 26.4 Å². The second-order valence-corrected chi connectivity index (χ2v) is 28.4. The largest absolute Gasteiger partial charge is 0.472 e. The molecule has 0 heterocycles. The van der Waals surface area contributed by atoms with E-state index in [9.17, 15) is 43.2 Å². The average molecular weight is 1470 g/mol. The number of hydrogen-bond acceptors (Lipinski definition) is 15. The molecule has 0 saturated carbocycles. The molecule has 0 spiro atoms. The predicted octanol–water partition coefficient (Wildman–Crippen LogP) is 22.7. The maximum absolute atomic E-state index is 13.1. The van der Waals surface area contributed by atoms with E-state index in [4.69, 9.17) is 37.0 Å². The number of hydrogen-bond donors (Lipinski definition) is 3. The van der Waals surface area contributed by atoms with E-state index in [1.807, 2.05) is 12.2 Å². The van der Waals surface area contributed by atoms with Gasteiger partial charge in [0.2, 0.25) is 0 Å². The molecular weight excluding hydrogens is 1330 g/mol. The molecule has 5 atom stereocenters. The number of carbonyl (C=O) groups excluding carboxylic acids is 4. The molecule has 102 heavy (non-hydrogen) atoms. The van der Waals surface area contributed by atoms with Crippen molar-refractivity contribution in [1.82, 2.24) is 0 Å². The lowest BCUT2D eigenvalue weighted by atomic mass is 10.1. The van der Waals surface area contributed by atoms with Crippen molar-refractivity contribution in [3.05, 3.63) is 146 Å². The fourth-order valence-corrected chi connectivity index (χ4v) is 11.5. The Balaban J connectivity index is 5.43. The number of ether oxygens (including phenoxy) is 4. The van der Waals surface area contributed by atoms with Crippen LogP contribution in [0.5, 0.6) is 0 Å². The van der Waals surface area contributed by atoms with Crippen LogP contribution in [-0.2, 0) is 65.4 Å². The molecule has 0 radical (unpaired) electrons. The summed E-state index contributed by atoms with van der Waals surface area (Å²) in [6.45, 7) is 4.42. The van der Waals surface area contributed by atoms with Gasteiger partial charge in [0, 0.05) is 25.7 Å². The summed E-state index contributed by atoms with van der Waals surface area (Å²) in [7, 11) is -9.99. The Morgan fingerprint density at radius 1 is 0.284 bits per heavy atom. The maximum atomic E-state index is 13.1. The molecule has 5 unspecified atom stereocenters. The lowest BCUT2D eigenvalue weighted by molar-refractivity contribution is -0.161. The molecule has 0 aromatic rings. The number of unbranched alkanes of at least 4 members (excludes halogenated alkanes) is 22. The monoisotopic (exact) mass is 1470 g/mol. The van der Waals surface area contributed by atoms with Gasteiger partial charge in [0.25, 0.3) is 0 Å². The molecule has 0 rings (SSSR count). The minimum absolute atomic E-state index is 0.0589. The topological polar surface area (TPSA) is 237 Å². The second kappa shape index (κ2) is 74.2. The number of carbonyl (C=O) groups is 4. The Bertz CT molecular complexity index is 2510. The van der Waals surface area contributed by atoms with Crippen LogP contribution in [-0.4, -0.2) is 96.7 Å². The van der Waals surface area contributed by atoms with Crippen LogP contribution in [0, 0.1) is 0 Å². The van der Waals surface area contributed by atoms with Crippen molar-refractivity contribution in [3.8, 4) is 0 Å². The molecule has 0 aliphatic carbocycles. The molecule has 0 aromatic heterocycles. The van der Waals surface area contributed by atoms with Crippen LogP contribution in [0.1, 0.15) is 297 Å². The van der Waals surface area contributed by atoms with Gasteiger partial charge >= 0.3 is 39.5 Å². The first-order valence-corrected chi connectivity index (χ1v) is 42.1. The normalized spacial score (nSPS) is 14.7. The number of aliphatic hydroxyl groups excluding tert-OH is 1. The highest BCUT2D eigenvalue weighted by Crippen LogP contribution is 2.45. The second-order valence-electron chi connectivity index (χ2n) is 25.5. The number of phosphoric acid groups is 2. The first-order chi connectivity index (χ1) is 49.7. The van der Waals surface area contributed by atoms with E-state index in [2.05, 4.69) is 161 Å². The van der Waals surface area contributed by atoms with Gasteiger partial charge in [0.1, 0.15) is 19.3 Å². The van der Waals surface area contributed by atoms with Gasteiger partial charge in [-0.25, -0.2) is 9.13 Å². The van der Waals surface area contributed by atoms with Crippen LogP contribution < -0.4 is 0 Å². The van der Waals surface area contributed by atoms with E-state index in [0.717, 1.165) is 186 Å². The molecule has 17 nitrogen and oxygen atoms in total. The molecule has 0 aliphatic heterocycles. The molecule has 0 fully saturated rings. The van der Waals surface area contributed by atoms with Gasteiger partial charge in [-0.15, -0.1) is 0 Å². The first kappa shape index (κ1) is 96.9. The van der Waals surface area contributed by atoms with Gasteiger partial charge in [-0.05, 0) is 154 Å². The number of allylic oxidation sites excluding steroid dienone is 24.